The maximum Gasteiger partial charge on any atom is 0.410 e. The minimum atomic E-state index is -0.474. The lowest BCUT2D eigenvalue weighted by molar-refractivity contribution is 0.0257. The van der Waals surface area contributed by atoms with Crippen LogP contribution < -0.4 is 5.73 Å². The van der Waals surface area contributed by atoms with Crippen LogP contribution in [-0.2, 0) is 17.6 Å². The van der Waals surface area contributed by atoms with Crippen molar-refractivity contribution in [2.45, 2.75) is 39.2 Å². The summed E-state index contributed by atoms with van der Waals surface area (Å²) >= 11 is 0. The van der Waals surface area contributed by atoms with Gasteiger partial charge >= 0.3 is 6.09 Å². The second-order valence-electron chi connectivity index (χ2n) is 5.39. The van der Waals surface area contributed by atoms with Gasteiger partial charge in [0.15, 0.2) is 0 Å². The average molecular weight is 253 g/mol. The summed E-state index contributed by atoms with van der Waals surface area (Å²) in [6, 6.07) is 0.200. The SMILES string of the molecule is CC(C)(C)OC(=O)N1CCc2nc(N)oc2CC1. The van der Waals surface area contributed by atoms with Gasteiger partial charge in [-0.3, -0.25) is 0 Å². The molecule has 0 saturated heterocycles. The molecule has 2 rings (SSSR count). The number of anilines is 1. The number of oxazole rings is 1. The third-order valence-corrected chi connectivity index (χ3v) is 2.67. The fourth-order valence-electron chi connectivity index (χ4n) is 1.89. The fraction of sp³-hybridized carbons (Fsp3) is 0.667. The molecule has 1 aromatic heterocycles. The third kappa shape index (κ3) is 2.94. The van der Waals surface area contributed by atoms with Crippen molar-refractivity contribution in [3.8, 4) is 0 Å². The lowest BCUT2D eigenvalue weighted by Crippen LogP contribution is -2.38. The lowest BCUT2D eigenvalue weighted by atomic mass is 10.2. The maximum atomic E-state index is 11.9. The van der Waals surface area contributed by atoms with E-state index in [4.69, 9.17) is 14.9 Å². The Bertz CT molecular complexity index is 422. The van der Waals surface area contributed by atoms with Crippen molar-refractivity contribution in [3.05, 3.63) is 11.5 Å². The topological polar surface area (TPSA) is 81.6 Å². The molecule has 6 heteroatoms. The quantitative estimate of drug-likeness (QED) is 0.759. The molecule has 2 heterocycles. The Hall–Kier alpha value is -1.72. The highest BCUT2D eigenvalue weighted by molar-refractivity contribution is 5.68. The largest absolute Gasteiger partial charge is 0.444 e. The molecule has 0 fully saturated rings. The van der Waals surface area contributed by atoms with Crippen LogP contribution in [0.3, 0.4) is 0 Å². The van der Waals surface area contributed by atoms with Crippen LogP contribution in [0.1, 0.15) is 32.2 Å². The van der Waals surface area contributed by atoms with Crippen molar-refractivity contribution in [2.75, 3.05) is 18.8 Å². The first-order valence-electron chi connectivity index (χ1n) is 6.07. The highest BCUT2D eigenvalue weighted by Crippen LogP contribution is 2.19. The third-order valence-electron chi connectivity index (χ3n) is 2.67. The molecule has 2 N–H and O–H groups in total. The number of fused-ring (bicyclic) bond motifs is 1. The van der Waals surface area contributed by atoms with E-state index in [1.54, 1.807) is 4.90 Å². The van der Waals surface area contributed by atoms with Crippen molar-refractivity contribution >= 4 is 12.1 Å². The van der Waals surface area contributed by atoms with Gasteiger partial charge in [-0.1, -0.05) is 0 Å². The van der Waals surface area contributed by atoms with E-state index in [2.05, 4.69) is 4.98 Å². The predicted molar refractivity (Wildman–Crippen MR) is 66.1 cm³/mol. The minimum Gasteiger partial charge on any atom is -0.444 e. The number of rotatable bonds is 0. The first-order valence-corrected chi connectivity index (χ1v) is 6.07. The van der Waals surface area contributed by atoms with Gasteiger partial charge in [0.25, 0.3) is 6.01 Å². The van der Waals surface area contributed by atoms with Gasteiger partial charge in [-0.05, 0) is 20.8 Å². The zero-order valence-corrected chi connectivity index (χ0v) is 11.0. The average Bonchev–Trinajstić information content (AvgIpc) is 2.45. The monoisotopic (exact) mass is 253 g/mol. The summed E-state index contributed by atoms with van der Waals surface area (Å²) in [4.78, 5) is 17.7. The number of nitrogens with two attached hydrogens (primary N) is 1. The number of nitrogens with zero attached hydrogens (tertiary/aromatic N) is 2. The molecule has 100 valence electrons. The Morgan fingerprint density at radius 3 is 2.72 bits per heavy atom. The number of carbonyl (C=O) groups is 1. The smallest absolute Gasteiger partial charge is 0.410 e. The Morgan fingerprint density at radius 1 is 1.39 bits per heavy atom. The molecule has 0 saturated carbocycles. The van der Waals surface area contributed by atoms with Gasteiger partial charge in [-0.25, -0.2) is 4.79 Å². The Balaban J connectivity index is 2.00. The molecule has 0 atom stereocenters. The van der Waals surface area contributed by atoms with Crippen molar-refractivity contribution in [1.82, 2.24) is 9.88 Å². The van der Waals surface area contributed by atoms with Gasteiger partial charge in [0.1, 0.15) is 11.4 Å². The minimum absolute atomic E-state index is 0.200. The zero-order chi connectivity index (χ0) is 13.3. The molecule has 1 aromatic rings. The van der Waals surface area contributed by atoms with Gasteiger partial charge in [0.05, 0.1) is 5.69 Å². The van der Waals surface area contributed by atoms with Crippen molar-refractivity contribution < 1.29 is 13.9 Å². The van der Waals surface area contributed by atoms with Crippen LogP contribution in [0.2, 0.25) is 0 Å². The van der Waals surface area contributed by atoms with Crippen molar-refractivity contribution in [1.29, 1.82) is 0 Å². The van der Waals surface area contributed by atoms with E-state index in [-0.39, 0.29) is 12.1 Å². The number of aromatic nitrogens is 1. The van der Waals surface area contributed by atoms with Gasteiger partial charge in [0, 0.05) is 25.9 Å². The number of hydrogen-bond acceptors (Lipinski definition) is 5. The summed E-state index contributed by atoms with van der Waals surface area (Å²) in [7, 11) is 0. The normalized spacial score (nSPS) is 16.1. The number of ether oxygens (including phenoxy) is 1. The van der Waals surface area contributed by atoms with Crippen LogP contribution >= 0.6 is 0 Å². The Morgan fingerprint density at radius 2 is 2.06 bits per heavy atom. The molecular formula is C12H19N3O3. The van der Waals surface area contributed by atoms with Gasteiger partial charge in [0.2, 0.25) is 0 Å². The van der Waals surface area contributed by atoms with E-state index in [9.17, 15) is 4.79 Å². The van der Waals surface area contributed by atoms with Gasteiger partial charge < -0.3 is 19.8 Å². The van der Waals surface area contributed by atoms with Gasteiger partial charge in [-0.15, -0.1) is 0 Å². The second-order valence-corrected chi connectivity index (χ2v) is 5.39. The summed E-state index contributed by atoms with van der Waals surface area (Å²) in [5.41, 5.74) is 5.88. The van der Waals surface area contributed by atoms with Crippen LogP contribution in [0.15, 0.2) is 4.42 Å². The molecule has 0 aromatic carbocycles. The van der Waals surface area contributed by atoms with Crippen molar-refractivity contribution in [2.24, 2.45) is 0 Å². The molecule has 0 unspecified atom stereocenters. The van der Waals surface area contributed by atoms with Crippen LogP contribution in [0.25, 0.3) is 0 Å². The van der Waals surface area contributed by atoms with Crippen molar-refractivity contribution in [3.63, 3.8) is 0 Å². The van der Waals surface area contributed by atoms with Crippen LogP contribution in [0.5, 0.6) is 0 Å². The summed E-state index contributed by atoms with van der Waals surface area (Å²) in [5, 5.41) is 0. The molecule has 0 radical (unpaired) electrons. The molecule has 6 nitrogen and oxygen atoms in total. The number of carbonyl (C=O) groups excluding carboxylic acids is 1. The van der Waals surface area contributed by atoms with E-state index >= 15 is 0 Å². The summed E-state index contributed by atoms with van der Waals surface area (Å²) < 4.78 is 10.6. The highest BCUT2D eigenvalue weighted by Gasteiger charge is 2.26. The molecule has 1 aliphatic heterocycles. The molecule has 0 bridgehead atoms. The summed E-state index contributed by atoms with van der Waals surface area (Å²) in [5.74, 6) is 0.776. The van der Waals surface area contributed by atoms with Gasteiger partial charge in [-0.2, -0.15) is 4.98 Å². The molecule has 1 amide bonds. The van der Waals surface area contributed by atoms with Crippen LogP contribution in [0.4, 0.5) is 10.8 Å². The fourth-order valence-corrected chi connectivity index (χ4v) is 1.89. The first-order chi connectivity index (χ1) is 8.35. The Labute approximate surface area is 106 Å². The van der Waals surface area contributed by atoms with E-state index in [0.29, 0.717) is 25.9 Å². The Kier molecular flexibility index (Phi) is 3.19. The molecule has 1 aliphatic rings. The van der Waals surface area contributed by atoms with Crippen LogP contribution in [-0.4, -0.2) is 34.7 Å². The van der Waals surface area contributed by atoms with E-state index in [0.717, 1.165) is 11.5 Å². The second kappa shape index (κ2) is 4.51. The predicted octanol–water partition coefficient (Wildman–Crippen LogP) is 1.59. The zero-order valence-electron chi connectivity index (χ0n) is 11.0. The molecule has 0 aliphatic carbocycles. The van der Waals surface area contributed by atoms with E-state index < -0.39 is 5.60 Å². The first kappa shape index (κ1) is 12.7. The standard InChI is InChI=1S/C12H19N3O3/c1-12(2,3)18-11(16)15-6-4-8-9(5-7-15)17-10(13)14-8/h4-7H2,1-3H3,(H2,13,14). The van der Waals surface area contributed by atoms with E-state index in [1.165, 1.54) is 0 Å². The summed E-state index contributed by atoms with van der Waals surface area (Å²) in [6.07, 6.45) is 0.981. The summed E-state index contributed by atoms with van der Waals surface area (Å²) in [6.45, 7) is 6.71. The maximum absolute atomic E-state index is 11.9. The van der Waals surface area contributed by atoms with E-state index in [1.807, 2.05) is 20.8 Å². The molecule has 0 spiro atoms. The van der Waals surface area contributed by atoms with Crippen LogP contribution in [0, 0.1) is 0 Å². The molecule has 18 heavy (non-hydrogen) atoms. The number of nitrogen functional groups attached to an aromatic ring is 1. The number of hydrogen-bond donors (Lipinski definition) is 1. The lowest BCUT2D eigenvalue weighted by Gasteiger charge is -2.26. The highest BCUT2D eigenvalue weighted by atomic mass is 16.6. The number of amides is 1. The molecular weight excluding hydrogens is 234 g/mol.